The number of carboxylic acids is 1. The minimum absolute atomic E-state index is 0.113. The molecule has 0 bridgehead atoms. The predicted molar refractivity (Wildman–Crippen MR) is 90.6 cm³/mol. The molecule has 0 fully saturated rings. The van der Waals surface area contributed by atoms with Gasteiger partial charge in [0.05, 0.1) is 12.2 Å². The van der Waals surface area contributed by atoms with Gasteiger partial charge in [0, 0.05) is 10.5 Å². The predicted octanol–water partition coefficient (Wildman–Crippen LogP) is 4.39. The first kappa shape index (κ1) is 16.6. The molecular formula is C18H20O3S. The van der Waals surface area contributed by atoms with Crippen molar-refractivity contribution in [2.75, 3.05) is 6.26 Å². The number of thioether (sulfide) groups is 1. The van der Waals surface area contributed by atoms with Gasteiger partial charge in [-0.1, -0.05) is 38.1 Å². The summed E-state index contributed by atoms with van der Waals surface area (Å²) in [4.78, 5) is 12.5. The van der Waals surface area contributed by atoms with E-state index in [1.54, 1.807) is 12.1 Å². The number of benzene rings is 2. The Morgan fingerprint density at radius 1 is 1.23 bits per heavy atom. The highest BCUT2D eigenvalue weighted by Gasteiger charge is 2.18. The lowest BCUT2D eigenvalue weighted by molar-refractivity contribution is 0.0697. The first-order valence-electron chi connectivity index (χ1n) is 7.14. The Balaban J connectivity index is 2.73. The third-order valence-electron chi connectivity index (χ3n) is 3.71. The average Bonchev–Trinajstić information content (AvgIpc) is 2.53. The molecule has 0 saturated carbocycles. The number of carbonyl (C=O) groups is 1. The molecule has 0 saturated heterocycles. The summed E-state index contributed by atoms with van der Waals surface area (Å²) in [6.07, 6.45) is 1.92. The van der Waals surface area contributed by atoms with E-state index in [0.717, 1.165) is 21.6 Å². The van der Waals surface area contributed by atoms with Crippen molar-refractivity contribution < 1.29 is 15.0 Å². The van der Waals surface area contributed by atoms with Gasteiger partial charge >= 0.3 is 5.97 Å². The fourth-order valence-electron chi connectivity index (χ4n) is 2.50. The van der Waals surface area contributed by atoms with Crippen molar-refractivity contribution in [3.05, 3.63) is 53.1 Å². The van der Waals surface area contributed by atoms with Gasteiger partial charge in [-0.2, -0.15) is 0 Å². The lowest BCUT2D eigenvalue weighted by Crippen LogP contribution is -2.03. The minimum Gasteiger partial charge on any atom is -0.478 e. The molecule has 116 valence electrons. The number of rotatable bonds is 5. The van der Waals surface area contributed by atoms with Crippen LogP contribution in [-0.4, -0.2) is 22.4 Å². The number of aromatic carboxylic acids is 1. The summed E-state index contributed by atoms with van der Waals surface area (Å²) in [6, 6.07) is 11.1. The molecular weight excluding hydrogens is 296 g/mol. The van der Waals surface area contributed by atoms with Crippen LogP contribution in [0, 0.1) is 0 Å². The molecule has 0 amide bonds. The summed E-state index contributed by atoms with van der Waals surface area (Å²) in [6.45, 7) is 4.07. The van der Waals surface area contributed by atoms with E-state index < -0.39 is 5.97 Å². The second kappa shape index (κ2) is 6.99. The van der Waals surface area contributed by atoms with E-state index >= 15 is 0 Å². The maximum absolute atomic E-state index is 11.6. The standard InChI is InChI=1S/C18H20O3S/c1-11(2)12-7-8-14(13(9-12)10-19)17-15(18(20)21)5-4-6-16(17)22-3/h4-9,11,19H,10H2,1-3H3,(H,20,21). The van der Waals surface area contributed by atoms with Crippen LogP contribution in [0.25, 0.3) is 11.1 Å². The average molecular weight is 316 g/mol. The Kier molecular flexibility index (Phi) is 5.27. The SMILES string of the molecule is CSc1cccc(C(=O)O)c1-c1ccc(C(C)C)cc1CO. The van der Waals surface area contributed by atoms with Crippen LogP contribution >= 0.6 is 11.8 Å². The van der Waals surface area contributed by atoms with E-state index in [0.29, 0.717) is 11.5 Å². The number of aliphatic hydroxyl groups excluding tert-OH is 1. The smallest absolute Gasteiger partial charge is 0.336 e. The second-order valence-corrected chi connectivity index (χ2v) is 6.27. The van der Waals surface area contributed by atoms with Crippen LogP contribution in [0.15, 0.2) is 41.3 Å². The highest BCUT2D eigenvalue weighted by molar-refractivity contribution is 7.98. The zero-order valence-electron chi connectivity index (χ0n) is 13.0. The maximum atomic E-state index is 11.6. The van der Waals surface area contributed by atoms with Crippen LogP contribution in [-0.2, 0) is 6.61 Å². The molecule has 2 aromatic carbocycles. The maximum Gasteiger partial charge on any atom is 0.336 e. The molecule has 4 heteroatoms. The Morgan fingerprint density at radius 2 is 1.95 bits per heavy atom. The van der Waals surface area contributed by atoms with Gasteiger partial charge in [-0.25, -0.2) is 4.79 Å². The van der Waals surface area contributed by atoms with Crippen LogP contribution in [0.3, 0.4) is 0 Å². The lowest BCUT2D eigenvalue weighted by Gasteiger charge is -2.16. The van der Waals surface area contributed by atoms with Crippen molar-refractivity contribution in [3.8, 4) is 11.1 Å². The summed E-state index contributed by atoms with van der Waals surface area (Å²) in [5.41, 5.74) is 3.62. The van der Waals surface area contributed by atoms with Crippen LogP contribution in [0.1, 0.15) is 41.3 Å². The normalized spacial score (nSPS) is 11.0. The molecule has 0 aliphatic heterocycles. The number of hydrogen-bond donors (Lipinski definition) is 2. The highest BCUT2D eigenvalue weighted by atomic mass is 32.2. The Hall–Kier alpha value is -1.78. The van der Waals surface area contributed by atoms with Crippen molar-refractivity contribution in [2.45, 2.75) is 31.3 Å². The Labute approximate surface area is 135 Å². The Bertz CT molecular complexity index is 693. The minimum atomic E-state index is -0.956. The molecule has 2 aromatic rings. The monoisotopic (exact) mass is 316 g/mol. The van der Waals surface area contributed by atoms with E-state index in [1.807, 2.05) is 30.5 Å². The molecule has 0 aliphatic carbocycles. The van der Waals surface area contributed by atoms with Crippen molar-refractivity contribution in [1.29, 1.82) is 0 Å². The van der Waals surface area contributed by atoms with Crippen molar-refractivity contribution in [3.63, 3.8) is 0 Å². The van der Waals surface area contributed by atoms with E-state index in [4.69, 9.17) is 0 Å². The van der Waals surface area contributed by atoms with Gasteiger partial charge in [0.15, 0.2) is 0 Å². The summed E-state index contributed by atoms with van der Waals surface area (Å²) in [7, 11) is 0. The van der Waals surface area contributed by atoms with Gasteiger partial charge in [-0.05, 0) is 41.0 Å². The molecule has 2 rings (SSSR count). The quantitative estimate of drug-likeness (QED) is 0.803. The van der Waals surface area contributed by atoms with Crippen LogP contribution in [0.4, 0.5) is 0 Å². The molecule has 3 nitrogen and oxygen atoms in total. The zero-order valence-corrected chi connectivity index (χ0v) is 13.8. The molecule has 0 aliphatic rings. The van der Waals surface area contributed by atoms with Crippen molar-refractivity contribution in [1.82, 2.24) is 0 Å². The summed E-state index contributed by atoms with van der Waals surface area (Å²) in [5.74, 6) is -0.600. The van der Waals surface area contributed by atoms with E-state index in [1.165, 1.54) is 11.8 Å². The van der Waals surface area contributed by atoms with Gasteiger partial charge in [0.25, 0.3) is 0 Å². The number of hydrogen-bond acceptors (Lipinski definition) is 3. The van der Waals surface area contributed by atoms with E-state index in [9.17, 15) is 15.0 Å². The van der Waals surface area contributed by atoms with Gasteiger partial charge in [0.2, 0.25) is 0 Å². The Morgan fingerprint density at radius 3 is 2.50 bits per heavy atom. The molecule has 0 heterocycles. The number of aliphatic hydroxyl groups is 1. The lowest BCUT2D eigenvalue weighted by atomic mass is 9.91. The van der Waals surface area contributed by atoms with Crippen LogP contribution < -0.4 is 0 Å². The largest absolute Gasteiger partial charge is 0.478 e. The fourth-order valence-corrected chi connectivity index (χ4v) is 3.14. The van der Waals surface area contributed by atoms with Crippen LogP contribution in [0.5, 0.6) is 0 Å². The third-order valence-corrected chi connectivity index (χ3v) is 4.49. The van der Waals surface area contributed by atoms with Crippen molar-refractivity contribution in [2.24, 2.45) is 0 Å². The summed E-state index contributed by atoms with van der Waals surface area (Å²) in [5, 5.41) is 19.2. The summed E-state index contributed by atoms with van der Waals surface area (Å²) >= 11 is 1.51. The molecule has 0 aromatic heterocycles. The molecule has 0 spiro atoms. The highest BCUT2D eigenvalue weighted by Crippen LogP contribution is 2.36. The molecule has 0 atom stereocenters. The number of carboxylic acid groups (broad SMARTS) is 1. The molecule has 0 radical (unpaired) electrons. The van der Waals surface area contributed by atoms with Gasteiger partial charge in [-0.3, -0.25) is 0 Å². The molecule has 0 unspecified atom stereocenters. The van der Waals surface area contributed by atoms with E-state index in [-0.39, 0.29) is 12.2 Å². The van der Waals surface area contributed by atoms with Gasteiger partial charge in [0.1, 0.15) is 0 Å². The summed E-state index contributed by atoms with van der Waals surface area (Å²) < 4.78 is 0. The van der Waals surface area contributed by atoms with Gasteiger partial charge in [-0.15, -0.1) is 11.8 Å². The van der Waals surface area contributed by atoms with Crippen LogP contribution in [0.2, 0.25) is 0 Å². The third kappa shape index (κ3) is 3.18. The first-order chi connectivity index (χ1) is 10.5. The van der Waals surface area contributed by atoms with E-state index in [2.05, 4.69) is 13.8 Å². The first-order valence-corrected chi connectivity index (χ1v) is 8.36. The molecule has 2 N–H and O–H groups in total. The zero-order chi connectivity index (χ0) is 16.3. The van der Waals surface area contributed by atoms with Crippen molar-refractivity contribution >= 4 is 17.7 Å². The topological polar surface area (TPSA) is 57.5 Å². The van der Waals surface area contributed by atoms with Gasteiger partial charge < -0.3 is 10.2 Å². The molecule has 22 heavy (non-hydrogen) atoms. The fraction of sp³-hybridized carbons (Fsp3) is 0.278. The second-order valence-electron chi connectivity index (χ2n) is 5.42.